The molecule has 0 aliphatic rings. The molecule has 96 valence electrons. The molecule has 1 heterocycles. The molecular formula is C12H10F3NO2. The lowest BCUT2D eigenvalue weighted by molar-refractivity contribution is -0.138. The average molecular weight is 257 g/mol. The number of hydrogen-bond acceptors (Lipinski definition) is 2. The van der Waals surface area contributed by atoms with E-state index < -0.39 is 11.7 Å². The molecule has 3 nitrogen and oxygen atoms in total. The van der Waals surface area contributed by atoms with Crippen LogP contribution in [0.4, 0.5) is 13.2 Å². The quantitative estimate of drug-likeness (QED) is 0.853. The zero-order chi connectivity index (χ0) is 13.5. The number of rotatable bonds is 1. The molecule has 0 saturated heterocycles. The van der Waals surface area contributed by atoms with Gasteiger partial charge in [0, 0.05) is 11.6 Å². The number of nitrogens with one attached hydrogen (secondary N) is 1. The van der Waals surface area contributed by atoms with Gasteiger partial charge in [-0.05, 0) is 24.4 Å². The van der Waals surface area contributed by atoms with Crippen molar-refractivity contribution in [2.24, 2.45) is 0 Å². The van der Waals surface area contributed by atoms with Gasteiger partial charge in [0.05, 0.1) is 18.2 Å². The van der Waals surface area contributed by atoms with Crippen LogP contribution in [0.15, 0.2) is 23.0 Å². The first-order valence-electron chi connectivity index (χ1n) is 5.12. The summed E-state index contributed by atoms with van der Waals surface area (Å²) < 4.78 is 43.1. The Bertz CT molecular complexity index is 659. The minimum absolute atomic E-state index is 0.311. The SMILES string of the molecule is COc1cc2[nH]c(=O)c(C)cc2cc1C(F)(F)F. The average Bonchev–Trinajstić information content (AvgIpc) is 2.28. The number of aryl methyl sites for hydroxylation is 1. The van der Waals surface area contributed by atoms with Crippen molar-refractivity contribution >= 4 is 10.9 Å². The van der Waals surface area contributed by atoms with E-state index in [4.69, 9.17) is 4.74 Å². The van der Waals surface area contributed by atoms with Gasteiger partial charge in [0.15, 0.2) is 0 Å². The fourth-order valence-electron chi connectivity index (χ4n) is 1.73. The number of alkyl halides is 3. The number of halogens is 3. The first kappa shape index (κ1) is 12.5. The van der Waals surface area contributed by atoms with Gasteiger partial charge in [-0.25, -0.2) is 0 Å². The molecule has 0 spiro atoms. The van der Waals surface area contributed by atoms with Crippen LogP contribution >= 0.6 is 0 Å². The first-order valence-corrected chi connectivity index (χ1v) is 5.12. The summed E-state index contributed by atoms with van der Waals surface area (Å²) in [5.74, 6) is -0.311. The van der Waals surface area contributed by atoms with Crippen molar-refractivity contribution in [2.75, 3.05) is 7.11 Å². The third-order valence-corrected chi connectivity index (χ3v) is 2.66. The lowest BCUT2D eigenvalue weighted by atomic mass is 10.1. The largest absolute Gasteiger partial charge is 0.496 e. The lowest BCUT2D eigenvalue weighted by Crippen LogP contribution is -2.11. The molecule has 0 atom stereocenters. The van der Waals surface area contributed by atoms with Gasteiger partial charge in [0.25, 0.3) is 5.56 Å². The van der Waals surface area contributed by atoms with E-state index in [1.807, 2.05) is 0 Å². The number of methoxy groups -OCH3 is 1. The van der Waals surface area contributed by atoms with E-state index in [0.717, 1.165) is 13.2 Å². The predicted octanol–water partition coefficient (Wildman–Crippen LogP) is 2.86. The van der Waals surface area contributed by atoms with Gasteiger partial charge in [-0.3, -0.25) is 4.79 Å². The molecule has 2 rings (SSSR count). The van der Waals surface area contributed by atoms with Crippen LogP contribution in [0.25, 0.3) is 10.9 Å². The molecule has 0 aliphatic heterocycles. The van der Waals surface area contributed by atoms with Gasteiger partial charge < -0.3 is 9.72 Å². The standard InChI is InChI=1S/C12H10F3NO2/c1-6-3-7-4-8(12(13,14)15)10(18-2)5-9(7)16-11(6)17/h3-5H,1-2H3,(H,16,17). The third kappa shape index (κ3) is 2.05. The van der Waals surface area contributed by atoms with Gasteiger partial charge in [-0.15, -0.1) is 0 Å². The van der Waals surface area contributed by atoms with Crippen molar-refractivity contribution in [3.63, 3.8) is 0 Å². The zero-order valence-corrected chi connectivity index (χ0v) is 9.68. The summed E-state index contributed by atoms with van der Waals surface area (Å²) in [7, 11) is 1.16. The van der Waals surface area contributed by atoms with Gasteiger partial charge in [-0.2, -0.15) is 13.2 Å². The second kappa shape index (κ2) is 4.04. The molecule has 1 aromatic heterocycles. The molecule has 2 aromatic rings. The van der Waals surface area contributed by atoms with Gasteiger partial charge in [0.2, 0.25) is 0 Å². The molecule has 1 N–H and O–H groups in total. The van der Waals surface area contributed by atoms with Crippen LogP contribution in [-0.4, -0.2) is 12.1 Å². The molecule has 0 saturated carbocycles. The van der Waals surface area contributed by atoms with E-state index in [1.54, 1.807) is 0 Å². The molecular weight excluding hydrogens is 247 g/mol. The third-order valence-electron chi connectivity index (χ3n) is 2.66. The summed E-state index contributed by atoms with van der Waals surface area (Å²) in [5, 5.41) is 0.320. The number of pyridine rings is 1. The van der Waals surface area contributed by atoms with Crippen LogP contribution in [0.3, 0.4) is 0 Å². The monoisotopic (exact) mass is 257 g/mol. The summed E-state index contributed by atoms with van der Waals surface area (Å²) >= 11 is 0. The maximum atomic E-state index is 12.8. The van der Waals surface area contributed by atoms with Crippen LogP contribution in [0.5, 0.6) is 5.75 Å². The summed E-state index contributed by atoms with van der Waals surface area (Å²) in [6.07, 6.45) is -4.50. The maximum Gasteiger partial charge on any atom is 0.419 e. The zero-order valence-electron chi connectivity index (χ0n) is 9.68. The number of hydrogen-bond donors (Lipinski definition) is 1. The Morgan fingerprint density at radius 3 is 2.44 bits per heavy atom. The van der Waals surface area contributed by atoms with E-state index in [1.165, 1.54) is 19.1 Å². The minimum Gasteiger partial charge on any atom is -0.496 e. The Morgan fingerprint density at radius 1 is 1.22 bits per heavy atom. The van der Waals surface area contributed by atoms with E-state index in [9.17, 15) is 18.0 Å². The molecule has 0 unspecified atom stereocenters. The van der Waals surface area contributed by atoms with Crippen LogP contribution < -0.4 is 10.3 Å². The maximum absolute atomic E-state index is 12.8. The van der Waals surface area contributed by atoms with Crippen LogP contribution in [0.1, 0.15) is 11.1 Å². The Kier molecular flexibility index (Phi) is 2.80. The fraction of sp³-hybridized carbons (Fsp3) is 0.250. The second-order valence-electron chi connectivity index (χ2n) is 3.92. The molecule has 0 bridgehead atoms. The van der Waals surface area contributed by atoms with Crippen LogP contribution in [-0.2, 0) is 6.18 Å². The van der Waals surface area contributed by atoms with E-state index in [0.29, 0.717) is 16.5 Å². The van der Waals surface area contributed by atoms with Crippen molar-refractivity contribution in [3.8, 4) is 5.75 Å². The van der Waals surface area contributed by atoms with Crippen molar-refractivity contribution < 1.29 is 17.9 Å². The predicted molar refractivity (Wildman–Crippen MR) is 60.9 cm³/mol. The number of aromatic nitrogens is 1. The summed E-state index contributed by atoms with van der Waals surface area (Å²) in [6.45, 7) is 1.54. The fourth-order valence-corrected chi connectivity index (χ4v) is 1.73. The lowest BCUT2D eigenvalue weighted by Gasteiger charge is -2.13. The normalized spacial score (nSPS) is 11.8. The molecule has 0 radical (unpaired) electrons. The van der Waals surface area contributed by atoms with E-state index >= 15 is 0 Å². The van der Waals surface area contributed by atoms with Crippen molar-refractivity contribution in [3.05, 3.63) is 39.7 Å². The summed E-state index contributed by atoms with van der Waals surface area (Å²) in [5.41, 5.74) is -0.510. The number of benzene rings is 1. The minimum atomic E-state index is -4.50. The highest BCUT2D eigenvalue weighted by atomic mass is 19.4. The highest BCUT2D eigenvalue weighted by Crippen LogP contribution is 2.38. The van der Waals surface area contributed by atoms with E-state index in [2.05, 4.69) is 4.98 Å². The summed E-state index contributed by atoms with van der Waals surface area (Å²) in [6, 6.07) is 3.57. The Hall–Kier alpha value is -1.98. The Balaban J connectivity index is 2.81. The van der Waals surface area contributed by atoms with Crippen LogP contribution in [0, 0.1) is 6.92 Å². The van der Waals surface area contributed by atoms with Crippen molar-refractivity contribution in [2.45, 2.75) is 13.1 Å². The molecule has 0 amide bonds. The molecule has 18 heavy (non-hydrogen) atoms. The van der Waals surface area contributed by atoms with Crippen LogP contribution in [0.2, 0.25) is 0 Å². The smallest absolute Gasteiger partial charge is 0.419 e. The highest BCUT2D eigenvalue weighted by molar-refractivity contribution is 5.82. The van der Waals surface area contributed by atoms with E-state index in [-0.39, 0.29) is 11.3 Å². The van der Waals surface area contributed by atoms with Gasteiger partial charge in [0.1, 0.15) is 5.75 Å². The second-order valence-corrected chi connectivity index (χ2v) is 3.92. The number of fused-ring (bicyclic) bond motifs is 1. The van der Waals surface area contributed by atoms with Crippen molar-refractivity contribution in [1.29, 1.82) is 0 Å². The molecule has 1 aromatic carbocycles. The van der Waals surface area contributed by atoms with Crippen molar-refractivity contribution in [1.82, 2.24) is 4.98 Å². The molecule has 0 fully saturated rings. The van der Waals surface area contributed by atoms with Gasteiger partial charge >= 0.3 is 6.18 Å². The summed E-state index contributed by atoms with van der Waals surface area (Å²) in [4.78, 5) is 13.9. The number of aromatic amines is 1. The first-order chi connectivity index (χ1) is 8.32. The Morgan fingerprint density at radius 2 is 1.89 bits per heavy atom. The Labute approximate surface area is 100 Å². The number of ether oxygens (including phenoxy) is 1. The topological polar surface area (TPSA) is 42.1 Å². The highest BCUT2D eigenvalue weighted by Gasteiger charge is 2.34. The molecule has 0 aliphatic carbocycles. The number of H-pyrrole nitrogens is 1. The van der Waals surface area contributed by atoms with Gasteiger partial charge in [-0.1, -0.05) is 0 Å². The molecule has 6 heteroatoms.